The van der Waals surface area contributed by atoms with E-state index >= 15 is 0 Å². The fraction of sp³-hybridized carbons (Fsp3) is 1.00. The van der Waals surface area contributed by atoms with Crippen molar-refractivity contribution in [1.29, 1.82) is 0 Å². The van der Waals surface area contributed by atoms with Gasteiger partial charge in [0.15, 0.2) is 0 Å². The minimum atomic E-state index is 0.764. The zero-order valence-electron chi connectivity index (χ0n) is 12.8. The van der Waals surface area contributed by atoms with E-state index in [0.717, 1.165) is 17.3 Å². The van der Waals surface area contributed by atoms with Gasteiger partial charge in [0.05, 0.1) is 0 Å². The average Bonchev–Trinajstić information content (AvgIpc) is 2.31. The molecular weight excluding hydrogens is 206 g/mol. The molecule has 1 aliphatic heterocycles. The zero-order chi connectivity index (χ0) is 12.9. The molecule has 0 aromatic heterocycles. The quantitative estimate of drug-likeness (QED) is 0.697. The van der Waals surface area contributed by atoms with Crippen molar-refractivity contribution < 1.29 is 0 Å². The van der Waals surface area contributed by atoms with Gasteiger partial charge in [-0.15, -0.1) is 0 Å². The van der Waals surface area contributed by atoms with E-state index in [-0.39, 0.29) is 0 Å². The predicted octanol–water partition coefficient (Wildman–Crippen LogP) is 4.57. The first kappa shape index (κ1) is 15.0. The van der Waals surface area contributed by atoms with Crippen LogP contribution in [0.25, 0.3) is 0 Å². The summed E-state index contributed by atoms with van der Waals surface area (Å²) < 4.78 is 0. The highest BCUT2D eigenvalue weighted by atomic mass is 15.2. The zero-order valence-corrected chi connectivity index (χ0v) is 12.8. The highest BCUT2D eigenvalue weighted by Gasteiger charge is 2.44. The summed E-state index contributed by atoms with van der Waals surface area (Å²) in [6.45, 7) is 15.2. The second-order valence-electron chi connectivity index (χ2n) is 6.29. The molecule has 1 spiro atoms. The molecule has 102 valence electrons. The fourth-order valence-corrected chi connectivity index (χ4v) is 3.61. The maximum Gasteiger partial charge on any atom is 0.00505 e. The van der Waals surface area contributed by atoms with E-state index in [1.807, 2.05) is 13.8 Å². The molecular formula is C16H33N. The molecule has 1 saturated heterocycles. The van der Waals surface area contributed by atoms with Gasteiger partial charge in [0.25, 0.3) is 0 Å². The van der Waals surface area contributed by atoms with Gasteiger partial charge < -0.3 is 4.90 Å². The van der Waals surface area contributed by atoms with Crippen molar-refractivity contribution in [3.05, 3.63) is 0 Å². The molecule has 2 aliphatic rings. The predicted molar refractivity (Wildman–Crippen MR) is 77.3 cm³/mol. The van der Waals surface area contributed by atoms with Gasteiger partial charge in [-0.25, -0.2) is 0 Å². The SMILES string of the molecule is CC.CCCN1CC2(CCC(C(C)C)CC2)C1. The molecule has 1 aliphatic carbocycles. The third-order valence-electron chi connectivity index (χ3n) is 4.69. The van der Waals surface area contributed by atoms with Crippen molar-refractivity contribution in [2.45, 2.75) is 66.7 Å². The Kier molecular flexibility index (Phi) is 5.99. The van der Waals surface area contributed by atoms with Crippen molar-refractivity contribution in [1.82, 2.24) is 4.90 Å². The smallest absolute Gasteiger partial charge is 0.00505 e. The number of nitrogens with zero attached hydrogens (tertiary/aromatic N) is 1. The van der Waals surface area contributed by atoms with Crippen LogP contribution in [0.1, 0.15) is 66.7 Å². The van der Waals surface area contributed by atoms with E-state index in [4.69, 9.17) is 0 Å². The van der Waals surface area contributed by atoms with Crippen molar-refractivity contribution in [3.8, 4) is 0 Å². The maximum atomic E-state index is 2.65. The second kappa shape index (κ2) is 6.78. The minimum Gasteiger partial charge on any atom is -0.302 e. The van der Waals surface area contributed by atoms with Gasteiger partial charge in [-0.2, -0.15) is 0 Å². The molecule has 2 rings (SSSR count). The van der Waals surface area contributed by atoms with Crippen molar-refractivity contribution in [2.24, 2.45) is 17.3 Å². The lowest BCUT2D eigenvalue weighted by atomic mass is 9.64. The molecule has 1 saturated carbocycles. The summed E-state index contributed by atoms with van der Waals surface area (Å²) in [7, 11) is 0. The first-order valence-corrected chi connectivity index (χ1v) is 7.87. The van der Waals surface area contributed by atoms with Crippen LogP contribution in [0.5, 0.6) is 0 Å². The molecule has 0 amide bonds. The first-order valence-electron chi connectivity index (χ1n) is 7.87. The van der Waals surface area contributed by atoms with Gasteiger partial charge in [-0.05, 0) is 55.9 Å². The van der Waals surface area contributed by atoms with Gasteiger partial charge in [0, 0.05) is 13.1 Å². The fourth-order valence-electron chi connectivity index (χ4n) is 3.61. The van der Waals surface area contributed by atoms with Gasteiger partial charge >= 0.3 is 0 Å². The summed E-state index contributed by atoms with van der Waals surface area (Å²) in [5.74, 6) is 1.94. The highest BCUT2D eigenvalue weighted by molar-refractivity contribution is 4.97. The Hall–Kier alpha value is -0.0400. The summed E-state index contributed by atoms with van der Waals surface area (Å²) in [5, 5.41) is 0. The van der Waals surface area contributed by atoms with E-state index in [2.05, 4.69) is 25.7 Å². The van der Waals surface area contributed by atoms with Gasteiger partial charge in [0.1, 0.15) is 0 Å². The van der Waals surface area contributed by atoms with Crippen LogP contribution in [0, 0.1) is 17.3 Å². The number of hydrogen-bond donors (Lipinski definition) is 0. The first-order chi connectivity index (χ1) is 8.15. The normalized spacial score (nSPS) is 24.4. The number of likely N-dealkylation sites (tertiary alicyclic amines) is 1. The molecule has 0 N–H and O–H groups in total. The Labute approximate surface area is 109 Å². The molecule has 17 heavy (non-hydrogen) atoms. The van der Waals surface area contributed by atoms with Crippen LogP contribution in [0.3, 0.4) is 0 Å². The topological polar surface area (TPSA) is 3.24 Å². The number of hydrogen-bond acceptors (Lipinski definition) is 1. The van der Waals surface area contributed by atoms with Crippen LogP contribution in [0.15, 0.2) is 0 Å². The Bertz CT molecular complexity index is 194. The van der Waals surface area contributed by atoms with Crippen LogP contribution in [-0.4, -0.2) is 24.5 Å². The minimum absolute atomic E-state index is 0.764. The van der Waals surface area contributed by atoms with Crippen LogP contribution >= 0.6 is 0 Å². The summed E-state index contributed by atoms with van der Waals surface area (Å²) >= 11 is 0. The monoisotopic (exact) mass is 239 g/mol. The van der Waals surface area contributed by atoms with E-state index in [9.17, 15) is 0 Å². The van der Waals surface area contributed by atoms with E-state index in [1.165, 1.54) is 51.7 Å². The lowest BCUT2D eigenvalue weighted by molar-refractivity contribution is -0.0417. The van der Waals surface area contributed by atoms with Crippen molar-refractivity contribution >= 4 is 0 Å². The Morgan fingerprint density at radius 3 is 2.06 bits per heavy atom. The molecule has 1 nitrogen and oxygen atoms in total. The molecule has 0 aromatic rings. The molecule has 2 fully saturated rings. The maximum absolute atomic E-state index is 2.65. The van der Waals surface area contributed by atoms with E-state index in [0.29, 0.717) is 0 Å². The van der Waals surface area contributed by atoms with Gasteiger partial charge in [0.2, 0.25) is 0 Å². The van der Waals surface area contributed by atoms with Crippen molar-refractivity contribution in [2.75, 3.05) is 19.6 Å². The summed E-state index contributed by atoms with van der Waals surface area (Å²) in [4.78, 5) is 2.65. The highest BCUT2D eigenvalue weighted by Crippen LogP contribution is 2.46. The molecule has 0 unspecified atom stereocenters. The average molecular weight is 239 g/mol. The van der Waals surface area contributed by atoms with Crippen molar-refractivity contribution in [3.63, 3.8) is 0 Å². The summed E-state index contributed by atoms with van der Waals surface area (Å²) in [5.41, 5.74) is 0.764. The molecule has 0 aromatic carbocycles. The van der Waals surface area contributed by atoms with Gasteiger partial charge in [-0.3, -0.25) is 0 Å². The largest absolute Gasteiger partial charge is 0.302 e. The molecule has 0 bridgehead atoms. The van der Waals surface area contributed by atoms with Crippen LogP contribution in [0.4, 0.5) is 0 Å². The Balaban J connectivity index is 0.000000686. The third-order valence-corrected chi connectivity index (χ3v) is 4.69. The van der Waals surface area contributed by atoms with Crippen LogP contribution < -0.4 is 0 Å². The molecule has 0 atom stereocenters. The number of rotatable bonds is 3. The molecule has 1 heterocycles. The van der Waals surface area contributed by atoms with Gasteiger partial charge in [-0.1, -0.05) is 34.6 Å². The van der Waals surface area contributed by atoms with Crippen LogP contribution in [-0.2, 0) is 0 Å². The summed E-state index contributed by atoms with van der Waals surface area (Å²) in [6, 6.07) is 0. The van der Waals surface area contributed by atoms with E-state index < -0.39 is 0 Å². The lowest BCUT2D eigenvalue weighted by Crippen LogP contribution is -2.57. The lowest BCUT2D eigenvalue weighted by Gasteiger charge is -2.54. The third kappa shape index (κ3) is 3.71. The van der Waals surface area contributed by atoms with Crippen LogP contribution in [0.2, 0.25) is 0 Å². The Morgan fingerprint density at radius 2 is 1.65 bits per heavy atom. The Morgan fingerprint density at radius 1 is 1.12 bits per heavy atom. The summed E-state index contributed by atoms with van der Waals surface area (Å²) in [6.07, 6.45) is 7.34. The second-order valence-corrected chi connectivity index (χ2v) is 6.29. The standard InChI is InChI=1S/C14H27N.C2H6/c1-4-9-15-10-14(11-15)7-5-13(6-8-14)12(2)3;1-2/h12-13H,4-11H2,1-3H3;1-2H3. The molecule has 0 radical (unpaired) electrons. The van der Waals surface area contributed by atoms with E-state index in [1.54, 1.807) is 0 Å². The molecule has 1 heteroatoms.